The molecular weight excluding hydrogens is 328 g/mol. The molecule has 136 valence electrons. The summed E-state index contributed by atoms with van der Waals surface area (Å²) >= 11 is 0. The highest BCUT2D eigenvalue weighted by Gasteiger charge is 2.24. The number of aromatic nitrogens is 1. The molecule has 8 nitrogen and oxygen atoms in total. The molecule has 1 saturated carbocycles. The van der Waals surface area contributed by atoms with Gasteiger partial charge in [-0.05, 0) is 37.7 Å². The van der Waals surface area contributed by atoms with Crippen LogP contribution in [0.5, 0.6) is 5.88 Å². The van der Waals surface area contributed by atoms with E-state index in [1.54, 1.807) is 12.1 Å². The van der Waals surface area contributed by atoms with Gasteiger partial charge in [0.15, 0.2) is 0 Å². The highest BCUT2D eigenvalue weighted by atomic mass is 16.5. The third-order valence-corrected chi connectivity index (χ3v) is 4.13. The number of ether oxygens (including phenoxy) is 3. The number of hydrogen-bond donors (Lipinski definition) is 1. The lowest BCUT2D eigenvalue weighted by Crippen LogP contribution is -2.26. The largest absolute Gasteiger partial charge is 0.474 e. The van der Waals surface area contributed by atoms with E-state index in [9.17, 15) is 14.4 Å². The van der Waals surface area contributed by atoms with Crippen molar-refractivity contribution in [2.75, 3.05) is 19.5 Å². The number of rotatable bonds is 5. The summed E-state index contributed by atoms with van der Waals surface area (Å²) in [6.07, 6.45) is 5.45. The Morgan fingerprint density at radius 3 is 2.40 bits per heavy atom. The zero-order valence-electron chi connectivity index (χ0n) is 14.3. The fourth-order valence-corrected chi connectivity index (χ4v) is 2.74. The van der Waals surface area contributed by atoms with Crippen LogP contribution in [0.2, 0.25) is 0 Å². The number of amides is 1. The van der Waals surface area contributed by atoms with Gasteiger partial charge in [-0.2, -0.15) is 0 Å². The van der Waals surface area contributed by atoms with E-state index in [4.69, 9.17) is 9.47 Å². The Hall–Kier alpha value is -2.64. The Kier molecular flexibility index (Phi) is 6.73. The fourth-order valence-electron chi connectivity index (χ4n) is 2.74. The lowest BCUT2D eigenvalue weighted by Gasteiger charge is -2.28. The van der Waals surface area contributed by atoms with E-state index in [0.29, 0.717) is 23.9 Å². The van der Waals surface area contributed by atoms with E-state index in [-0.39, 0.29) is 12.1 Å². The number of methoxy groups -OCH3 is 2. The zero-order valence-corrected chi connectivity index (χ0v) is 14.3. The molecule has 0 aliphatic heterocycles. The first-order chi connectivity index (χ1) is 12.0. The van der Waals surface area contributed by atoms with Crippen molar-refractivity contribution in [3.8, 4) is 5.88 Å². The quantitative estimate of drug-likeness (QED) is 0.636. The van der Waals surface area contributed by atoms with Crippen LogP contribution in [0, 0.1) is 5.92 Å². The maximum absolute atomic E-state index is 11.4. The summed E-state index contributed by atoms with van der Waals surface area (Å²) < 4.78 is 14.9. The standard InChI is InChI=1S/C17H22N2O6/c1-23-15(20)9-11-3-6-13(7-4-11)25-14-8-5-12(10-18-14)19-16(21)17(22)24-2/h5,8,10-11,13H,3-4,6-7,9H2,1-2H3,(H,19,21)/t11-,13+. The van der Waals surface area contributed by atoms with E-state index >= 15 is 0 Å². The second kappa shape index (κ2) is 9.00. The first-order valence-electron chi connectivity index (χ1n) is 8.10. The predicted molar refractivity (Wildman–Crippen MR) is 87.9 cm³/mol. The number of nitrogens with one attached hydrogen (secondary N) is 1. The van der Waals surface area contributed by atoms with Crippen molar-refractivity contribution >= 4 is 23.5 Å². The van der Waals surface area contributed by atoms with Crippen LogP contribution in [0.25, 0.3) is 0 Å². The molecule has 1 amide bonds. The van der Waals surface area contributed by atoms with Crippen molar-refractivity contribution in [3.05, 3.63) is 18.3 Å². The minimum Gasteiger partial charge on any atom is -0.474 e. The minimum atomic E-state index is -0.968. The summed E-state index contributed by atoms with van der Waals surface area (Å²) in [6.45, 7) is 0. The molecule has 1 aromatic rings. The highest BCUT2D eigenvalue weighted by molar-refractivity contribution is 6.37. The van der Waals surface area contributed by atoms with Gasteiger partial charge in [-0.15, -0.1) is 0 Å². The predicted octanol–water partition coefficient (Wildman–Crippen LogP) is 1.69. The number of nitrogens with zero attached hydrogens (tertiary/aromatic N) is 1. The number of carbonyl (C=O) groups excluding carboxylic acids is 3. The van der Waals surface area contributed by atoms with Crippen LogP contribution < -0.4 is 10.1 Å². The summed E-state index contributed by atoms with van der Waals surface area (Å²) in [5, 5.41) is 2.38. The van der Waals surface area contributed by atoms with Gasteiger partial charge in [0.1, 0.15) is 6.10 Å². The smallest absolute Gasteiger partial charge is 0.396 e. The van der Waals surface area contributed by atoms with Crippen LogP contribution in [0.4, 0.5) is 5.69 Å². The minimum absolute atomic E-state index is 0.0527. The van der Waals surface area contributed by atoms with E-state index in [0.717, 1.165) is 32.8 Å². The van der Waals surface area contributed by atoms with E-state index in [1.807, 2.05) is 0 Å². The van der Waals surface area contributed by atoms with Gasteiger partial charge in [0.05, 0.1) is 26.1 Å². The number of anilines is 1. The maximum Gasteiger partial charge on any atom is 0.396 e. The Bertz CT molecular complexity index is 608. The third kappa shape index (κ3) is 5.74. The Balaban J connectivity index is 1.79. The lowest BCUT2D eigenvalue weighted by molar-refractivity contribution is -0.150. The molecule has 0 radical (unpaired) electrons. The average molecular weight is 350 g/mol. The van der Waals surface area contributed by atoms with E-state index < -0.39 is 11.9 Å². The zero-order chi connectivity index (χ0) is 18.2. The van der Waals surface area contributed by atoms with Crippen LogP contribution in [-0.4, -0.2) is 43.2 Å². The summed E-state index contributed by atoms with van der Waals surface area (Å²) in [4.78, 5) is 37.9. The SMILES string of the molecule is COC(=O)C[C@H]1CC[C@@H](Oc2ccc(NC(=O)C(=O)OC)cn2)CC1. The number of esters is 2. The lowest BCUT2D eigenvalue weighted by atomic mass is 9.85. The molecule has 1 N–H and O–H groups in total. The molecule has 0 saturated heterocycles. The number of pyridine rings is 1. The molecule has 2 rings (SSSR count). The average Bonchev–Trinajstić information content (AvgIpc) is 2.64. The van der Waals surface area contributed by atoms with Crippen LogP contribution in [0.15, 0.2) is 18.3 Å². The molecule has 1 heterocycles. The molecule has 0 atom stereocenters. The van der Waals surface area contributed by atoms with Crippen molar-refractivity contribution in [3.63, 3.8) is 0 Å². The number of carbonyl (C=O) groups is 3. The Morgan fingerprint density at radius 2 is 1.84 bits per heavy atom. The van der Waals surface area contributed by atoms with Gasteiger partial charge >= 0.3 is 17.8 Å². The normalized spacial score (nSPS) is 19.6. The van der Waals surface area contributed by atoms with Crippen LogP contribution in [-0.2, 0) is 23.9 Å². The van der Waals surface area contributed by atoms with Gasteiger partial charge in [-0.3, -0.25) is 9.59 Å². The summed E-state index contributed by atoms with van der Waals surface area (Å²) in [5.41, 5.74) is 0.379. The molecule has 0 spiro atoms. The second-order valence-electron chi connectivity index (χ2n) is 5.87. The molecular formula is C17H22N2O6. The number of hydrogen-bond acceptors (Lipinski definition) is 7. The monoisotopic (exact) mass is 350 g/mol. The summed E-state index contributed by atoms with van der Waals surface area (Å²) in [5.74, 6) is -1.20. The molecule has 0 aromatic carbocycles. The van der Waals surface area contributed by atoms with Gasteiger partial charge in [0, 0.05) is 12.5 Å². The van der Waals surface area contributed by atoms with Crippen molar-refractivity contribution in [1.82, 2.24) is 4.98 Å². The van der Waals surface area contributed by atoms with Crippen LogP contribution in [0.1, 0.15) is 32.1 Å². The molecule has 1 fully saturated rings. The molecule has 25 heavy (non-hydrogen) atoms. The Labute approximate surface area is 145 Å². The molecule has 1 aromatic heterocycles. The summed E-state index contributed by atoms with van der Waals surface area (Å²) in [7, 11) is 2.54. The van der Waals surface area contributed by atoms with Crippen molar-refractivity contribution < 1.29 is 28.6 Å². The van der Waals surface area contributed by atoms with Gasteiger partial charge in [-0.25, -0.2) is 9.78 Å². The fraction of sp³-hybridized carbons (Fsp3) is 0.529. The summed E-state index contributed by atoms with van der Waals surface area (Å²) in [6, 6.07) is 3.24. The maximum atomic E-state index is 11.4. The molecule has 0 bridgehead atoms. The van der Waals surface area contributed by atoms with Crippen molar-refractivity contribution in [1.29, 1.82) is 0 Å². The van der Waals surface area contributed by atoms with Gasteiger partial charge in [-0.1, -0.05) is 0 Å². The van der Waals surface area contributed by atoms with E-state index in [2.05, 4.69) is 15.0 Å². The molecule has 1 aliphatic carbocycles. The highest BCUT2D eigenvalue weighted by Crippen LogP contribution is 2.29. The van der Waals surface area contributed by atoms with Crippen LogP contribution >= 0.6 is 0 Å². The molecule has 8 heteroatoms. The first-order valence-corrected chi connectivity index (χ1v) is 8.10. The van der Waals surface area contributed by atoms with Gasteiger partial charge in [0.2, 0.25) is 5.88 Å². The van der Waals surface area contributed by atoms with Gasteiger partial charge < -0.3 is 19.5 Å². The molecule has 0 unspecified atom stereocenters. The van der Waals surface area contributed by atoms with E-state index in [1.165, 1.54) is 13.3 Å². The Morgan fingerprint density at radius 1 is 1.12 bits per heavy atom. The van der Waals surface area contributed by atoms with Gasteiger partial charge in [0.25, 0.3) is 0 Å². The molecule has 1 aliphatic rings. The first kappa shape index (κ1) is 18.7. The third-order valence-electron chi connectivity index (χ3n) is 4.13. The van der Waals surface area contributed by atoms with Crippen molar-refractivity contribution in [2.24, 2.45) is 5.92 Å². The topological polar surface area (TPSA) is 104 Å². The van der Waals surface area contributed by atoms with Crippen LogP contribution in [0.3, 0.4) is 0 Å². The second-order valence-corrected chi connectivity index (χ2v) is 5.87. The van der Waals surface area contributed by atoms with Crippen molar-refractivity contribution in [2.45, 2.75) is 38.2 Å².